The first-order valence-electron chi connectivity index (χ1n) is 6.39. The van der Waals surface area contributed by atoms with E-state index in [0.717, 1.165) is 32.4 Å². The molecule has 1 saturated heterocycles. The molecule has 0 bridgehead atoms. The molecular formula is C13H19ClN2O2S. The van der Waals surface area contributed by atoms with E-state index in [1.54, 1.807) is 13.1 Å². The lowest BCUT2D eigenvalue weighted by Crippen LogP contribution is -2.57. The van der Waals surface area contributed by atoms with Gasteiger partial charge < -0.3 is 5.32 Å². The lowest BCUT2D eigenvalue weighted by Gasteiger charge is -2.34. The van der Waals surface area contributed by atoms with Crippen LogP contribution in [0.1, 0.15) is 17.5 Å². The molecule has 0 saturated carbocycles. The van der Waals surface area contributed by atoms with Gasteiger partial charge in [-0.1, -0.05) is 6.07 Å². The van der Waals surface area contributed by atoms with Crippen molar-refractivity contribution in [2.45, 2.75) is 30.2 Å². The molecule has 0 aromatic heterocycles. The number of sulfonamides is 1. The first kappa shape index (κ1) is 14.8. The largest absolute Gasteiger partial charge is 0.313 e. The van der Waals surface area contributed by atoms with E-state index in [9.17, 15) is 8.42 Å². The Morgan fingerprint density at radius 1 is 1.21 bits per heavy atom. The Kier molecular flexibility index (Phi) is 4.20. The molecule has 6 heteroatoms. The molecule has 1 fully saturated rings. The fourth-order valence-corrected chi connectivity index (χ4v) is 4.01. The van der Waals surface area contributed by atoms with E-state index < -0.39 is 10.0 Å². The minimum absolute atomic E-state index is 0. The molecule has 0 spiro atoms. The predicted octanol–water partition coefficient (Wildman–Crippen LogP) is 1.19. The maximum atomic E-state index is 12.5. The van der Waals surface area contributed by atoms with Gasteiger partial charge in [0.1, 0.15) is 0 Å². The van der Waals surface area contributed by atoms with Crippen LogP contribution in [0.3, 0.4) is 0 Å². The number of hydrogen-bond donors (Lipinski definition) is 1. The van der Waals surface area contributed by atoms with Gasteiger partial charge in [-0.2, -0.15) is 4.31 Å². The van der Waals surface area contributed by atoms with E-state index in [4.69, 9.17) is 0 Å². The summed E-state index contributed by atoms with van der Waals surface area (Å²) < 4.78 is 26.4. The van der Waals surface area contributed by atoms with Gasteiger partial charge >= 0.3 is 0 Å². The molecule has 106 valence electrons. The molecule has 1 N–H and O–H groups in total. The zero-order chi connectivity index (χ0) is 12.8. The van der Waals surface area contributed by atoms with Gasteiger partial charge in [0.05, 0.1) is 4.90 Å². The zero-order valence-electron chi connectivity index (χ0n) is 10.9. The average Bonchev–Trinajstić information content (AvgIpc) is 2.73. The number of aryl methyl sites for hydroxylation is 2. The lowest BCUT2D eigenvalue weighted by molar-refractivity contribution is 0.274. The van der Waals surface area contributed by atoms with Crippen LogP contribution in [-0.2, 0) is 22.9 Å². The number of benzene rings is 1. The second-order valence-corrected chi connectivity index (χ2v) is 7.11. The molecule has 19 heavy (non-hydrogen) atoms. The highest BCUT2D eigenvalue weighted by Gasteiger charge is 2.32. The van der Waals surface area contributed by atoms with Gasteiger partial charge in [-0.05, 0) is 42.5 Å². The maximum Gasteiger partial charge on any atom is 0.243 e. The van der Waals surface area contributed by atoms with Crippen molar-refractivity contribution in [2.75, 3.05) is 20.1 Å². The fraction of sp³-hybridized carbons (Fsp3) is 0.538. The Bertz CT molecular complexity index is 570. The van der Waals surface area contributed by atoms with Crippen LogP contribution in [0.15, 0.2) is 23.1 Å². The van der Waals surface area contributed by atoms with Crippen molar-refractivity contribution in [3.05, 3.63) is 29.3 Å². The summed E-state index contributed by atoms with van der Waals surface area (Å²) in [5.41, 5.74) is 2.51. The third-order valence-corrected chi connectivity index (χ3v) is 5.93. The normalized spacial score (nSPS) is 18.8. The number of halogens is 1. The molecule has 1 aliphatic carbocycles. The third kappa shape index (κ3) is 2.52. The molecule has 2 aliphatic rings. The summed E-state index contributed by atoms with van der Waals surface area (Å²) >= 11 is 0. The molecule has 4 nitrogen and oxygen atoms in total. The van der Waals surface area contributed by atoms with Gasteiger partial charge in [0.15, 0.2) is 0 Å². The van der Waals surface area contributed by atoms with Crippen molar-refractivity contribution >= 4 is 22.4 Å². The number of hydrogen-bond acceptors (Lipinski definition) is 3. The molecule has 1 aromatic rings. The summed E-state index contributed by atoms with van der Waals surface area (Å²) in [6.45, 7) is 1.50. The highest BCUT2D eigenvalue weighted by atomic mass is 35.5. The van der Waals surface area contributed by atoms with Crippen LogP contribution < -0.4 is 5.32 Å². The number of rotatable bonds is 3. The molecule has 1 aromatic carbocycles. The lowest BCUT2D eigenvalue weighted by atomic mass is 10.1. The Balaban J connectivity index is 0.00000133. The summed E-state index contributed by atoms with van der Waals surface area (Å²) in [5, 5.41) is 3.10. The van der Waals surface area contributed by atoms with E-state index in [1.807, 2.05) is 12.1 Å². The van der Waals surface area contributed by atoms with E-state index in [0.29, 0.717) is 4.90 Å². The SMILES string of the molecule is CN(C1CNC1)S(=O)(=O)c1ccc2c(c1)CCC2.Cl. The van der Waals surface area contributed by atoms with Crippen LogP contribution in [0, 0.1) is 0 Å². The highest BCUT2D eigenvalue weighted by Crippen LogP contribution is 2.26. The molecule has 0 atom stereocenters. The van der Waals surface area contributed by atoms with Crippen molar-refractivity contribution in [1.82, 2.24) is 9.62 Å². The molecule has 0 radical (unpaired) electrons. The molecular weight excluding hydrogens is 284 g/mol. The Morgan fingerprint density at radius 3 is 2.53 bits per heavy atom. The standard InChI is InChI=1S/C13H18N2O2S.ClH/c1-15(12-8-14-9-12)18(16,17)13-6-5-10-3-2-4-11(10)7-13;/h5-7,12,14H,2-4,8-9H2,1H3;1H. The molecule has 0 amide bonds. The van der Waals surface area contributed by atoms with Crippen LogP contribution in [-0.4, -0.2) is 38.9 Å². The number of nitrogens with one attached hydrogen (secondary N) is 1. The minimum atomic E-state index is -3.33. The van der Waals surface area contributed by atoms with Gasteiger partial charge in [-0.25, -0.2) is 8.42 Å². The van der Waals surface area contributed by atoms with Crippen molar-refractivity contribution < 1.29 is 8.42 Å². The molecule has 0 unspecified atom stereocenters. The minimum Gasteiger partial charge on any atom is -0.313 e. The van der Waals surface area contributed by atoms with Crippen molar-refractivity contribution in [1.29, 1.82) is 0 Å². The Labute approximate surface area is 120 Å². The second kappa shape index (κ2) is 5.40. The van der Waals surface area contributed by atoms with Gasteiger partial charge in [-0.15, -0.1) is 12.4 Å². The summed E-state index contributed by atoms with van der Waals surface area (Å²) in [6, 6.07) is 5.69. The molecule has 3 rings (SSSR count). The molecule has 1 heterocycles. The van der Waals surface area contributed by atoms with E-state index in [-0.39, 0.29) is 18.4 Å². The van der Waals surface area contributed by atoms with Gasteiger partial charge in [0.25, 0.3) is 0 Å². The Hall–Kier alpha value is -0.620. The third-order valence-electron chi connectivity index (χ3n) is 4.02. The average molecular weight is 303 g/mol. The van der Waals surface area contributed by atoms with Crippen LogP contribution in [0.4, 0.5) is 0 Å². The monoisotopic (exact) mass is 302 g/mol. The topological polar surface area (TPSA) is 49.4 Å². The number of fused-ring (bicyclic) bond motifs is 1. The Morgan fingerprint density at radius 2 is 1.89 bits per heavy atom. The van der Waals surface area contributed by atoms with E-state index in [1.165, 1.54) is 15.4 Å². The summed E-state index contributed by atoms with van der Waals surface area (Å²) in [6.07, 6.45) is 3.23. The zero-order valence-corrected chi connectivity index (χ0v) is 12.6. The van der Waals surface area contributed by atoms with Crippen molar-refractivity contribution in [2.24, 2.45) is 0 Å². The van der Waals surface area contributed by atoms with Crippen LogP contribution in [0.2, 0.25) is 0 Å². The van der Waals surface area contributed by atoms with Gasteiger partial charge in [-0.3, -0.25) is 0 Å². The fourth-order valence-electron chi connectivity index (χ4n) is 2.60. The first-order chi connectivity index (χ1) is 8.59. The van der Waals surface area contributed by atoms with Gasteiger partial charge in [0.2, 0.25) is 10.0 Å². The van der Waals surface area contributed by atoms with Gasteiger partial charge in [0, 0.05) is 26.2 Å². The number of likely N-dealkylation sites (N-methyl/N-ethyl adjacent to an activating group) is 1. The maximum absolute atomic E-state index is 12.5. The number of nitrogens with zero attached hydrogens (tertiary/aromatic N) is 1. The van der Waals surface area contributed by atoms with Crippen LogP contribution in [0.25, 0.3) is 0 Å². The summed E-state index contributed by atoms with van der Waals surface area (Å²) in [5.74, 6) is 0. The smallest absolute Gasteiger partial charge is 0.243 e. The van der Waals surface area contributed by atoms with Crippen molar-refractivity contribution in [3.63, 3.8) is 0 Å². The quantitative estimate of drug-likeness (QED) is 0.912. The van der Waals surface area contributed by atoms with Crippen LogP contribution in [0.5, 0.6) is 0 Å². The van der Waals surface area contributed by atoms with Crippen molar-refractivity contribution in [3.8, 4) is 0 Å². The summed E-state index contributed by atoms with van der Waals surface area (Å²) in [4.78, 5) is 0.442. The molecule has 1 aliphatic heterocycles. The van der Waals surface area contributed by atoms with E-state index in [2.05, 4.69) is 5.32 Å². The predicted molar refractivity (Wildman–Crippen MR) is 77.3 cm³/mol. The summed E-state index contributed by atoms with van der Waals surface area (Å²) in [7, 11) is -1.65. The first-order valence-corrected chi connectivity index (χ1v) is 7.83. The highest BCUT2D eigenvalue weighted by molar-refractivity contribution is 7.89. The second-order valence-electron chi connectivity index (χ2n) is 5.12. The van der Waals surface area contributed by atoms with Crippen LogP contribution >= 0.6 is 12.4 Å². The van der Waals surface area contributed by atoms with E-state index >= 15 is 0 Å².